The molecule has 0 saturated carbocycles. The highest BCUT2D eigenvalue weighted by atomic mass is 32.2. The molecule has 7 heteroatoms. The SMILES string of the molecule is N#C/C(C(=O)Nc1cccc2ccccc12)=C1/S[C@@H](Cc2ccc(F)cc2)C(=O)N1c1ccccc1. The van der Waals surface area contributed by atoms with Crippen molar-refractivity contribution in [3.05, 3.63) is 119 Å². The highest BCUT2D eigenvalue weighted by Crippen LogP contribution is 2.42. The number of para-hydroxylation sites is 1. The molecule has 1 N–H and O–H groups in total. The Morgan fingerprint density at radius 2 is 1.64 bits per heavy atom. The summed E-state index contributed by atoms with van der Waals surface area (Å²) in [5, 5.41) is 14.4. The van der Waals surface area contributed by atoms with Gasteiger partial charge in [-0.2, -0.15) is 5.26 Å². The third-order valence-electron chi connectivity index (χ3n) is 5.89. The Bertz CT molecular complexity index is 1520. The van der Waals surface area contributed by atoms with Crippen molar-refractivity contribution in [3.63, 3.8) is 0 Å². The van der Waals surface area contributed by atoms with Gasteiger partial charge in [0, 0.05) is 16.8 Å². The lowest BCUT2D eigenvalue weighted by atomic mass is 10.1. The minimum Gasteiger partial charge on any atom is -0.321 e. The van der Waals surface area contributed by atoms with Crippen molar-refractivity contribution in [2.24, 2.45) is 0 Å². The van der Waals surface area contributed by atoms with E-state index in [0.29, 0.717) is 17.8 Å². The van der Waals surface area contributed by atoms with Crippen molar-refractivity contribution in [3.8, 4) is 6.07 Å². The fraction of sp³-hybridized carbons (Fsp3) is 0.0690. The van der Waals surface area contributed by atoms with E-state index in [-0.39, 0.29) is 22.3 Å². The van der Waals surface area contributed by atoms with Gasteiger partial charge in [-0.3, -0.25) is 14.5 Å². The minimum atomic E-state index is -0.590. The maximum Gasteiger partial charge on any atom is 0.269 e. The first kappa shape index (κ1) is 23.3. The topological polar surface area (TPSA) is 73.2 Å². The molecule has 1 heterocycles. The number of benzene rings is 4. The van der Waals surface area contributed by atoms with Crippen molar-refractivity contribution in [2.75, 3.05) is 10.2 Å². The predicted molar refractivity (Wildman–Crippen MR) is 141 cm³/mol. The highest BCUT2D eigenvalue weighted by molar-refractivity contribution is 8.05. The number of fused-ring (bicyclic) bond motifs is 1. The average molecular weight is 494 g/mol. The highest BCUT2D eigenvalue weighted by Gasteiger charge is 2.40. The Hall–Kier alpha value is -4.41. The summed E-state index contributed by atoms with van der Waals surface area (Å²) in [7, 11) is 0. The number of amides is 2. The minimum absolute atomic E-state index is 0.147. The number of thioether (sulfide) groups is 1. The molecular formula is C29H20FN3O2S. The lowest BCUT2D eigenvalue weighted by Gasteiger charge is -2.18. The number of rotatable bonds is 5. The molecule has 1 fully saturated rings. The first-order valence-electron chi connectivity index (χ1n) is 11.3. The van der Waals surface area contributed by atoms with Crippen LogP contribution in [0.15, 0.2) is 108 Å². The van der Waals surface area contributed by atoms with Crippen LogP contribution in [0.4, 0.5) is 15.8 Å². The Kier molecular flexibility index (Phi) is 6.52. The molecule has 4 aromatic rings. The van der Waals surface area contributed by atoms with Gasteiger partial charge in [0.25, 0.3) is 5.91 Å². The second-order valence-electron chi connectivity index (χ2n) is 8.22. The molecule has 1 atom stereocenters. The number of halogens is 1. The molecule has 5 rings (SSSR count). The first-order chi connectivity index (χ1) is 17.5. The predicted octanol–water partition coefficient (Wildman–Crippen LogP) is 6.04. The number of nitriles is 1. The average Bonchev–Trinajstić information content (AvgIpc) is 3.21. The van der Waals surface area contributed by atoms with E-state index in [2.05, 4.69) is 5.32 Å². The van der Waals surface area contributed by atoms with Crippen molar-refractivity contribution < 1.29 is 14.0 Å². The monoisotopic (exact) mass is 493 g/mol. The molecule has 0 radical (unpaired) electrons. The smallest absolute Gasteiger partial charge is 0.269 e. The molecule has 1 aliphatic rings. The van der Waals surface area contributed by atoms with E-state index in [1.54, 1.807) is 42.5 Å². The van der Waals surface area contributed by atoms with Gasteiger partial charge in [0.05, 0.1) is 5.25 Å². The summed E-state index contributed by atoms with van der Waals surface area (Å²) in [5.74, 6) is -1.18. The van der Waals surface area contributed by atoms with Gasteiger partial charge >= 0.3 is 0 Å². The zero-order valence-corrected chi connectivity index (χ0v) is 19.8. The van der Waals surface area contributed by atoms with E-state index in [4.69, 9.17) is 0 Å². The zero-order valence-electron chi connectivity index (χ0n) is 19.0. The maximum atomic E-state index is 13.5. The van der Waals surface area contributed by atoms with Crippen LogP contribution in [0.5, 0.6) is 0 Å². The summed E-state index contributed by atoms with van der Waals surface area (Å²) in [5.41, 5.74) is 1.79. The Morgan fingerprint density at radius 3 is 2.39 bits per heavy atom. The van der Waals surface area contributed by atoms with Crippen LogP contribution in [0.25, 0.3) is 10.8 Å². The van der Waals surface area contributed by atoms with Gasteiger partial charge in [-0.05, 0) is 47.7 Å². The molecule has 0 unspecified atom stereocenters. The van der Waals surface area contributed by atoms with Crippen LogP contribution >= 0.6 is 11.8 Å². The molecule has 4 aromatic carbocycles. The van der Waals surface area contributed by atoms with Crippen molar-refractivity contribution >= 4 is 45.7 Å². The summed E-state index contributed by atoms with van der Waals surface area (Å²) >= 11 is 1.17. The second kappa shape index (κ2) is 10.1. The fourth-order valence-electron chi connectivity index (χ4n) is 4.15. The Labute approximate surface area is 211 Å². The molecule has 36 heavy (non-hydrogen) atoms. The molecule has 0 bridgehead atoms. The third kappa shape index (κ3) is 4.59. The van der Waals surface area contributed by atoms with Gasteiger partial charge in [-0.25, -0.2) is 4.39 Å². The molecule has 2 amide bonds. The first-order valence-corrected chi connectivity index (χ1v) is 12.2. The van der Waals surface area contributed by atoms with Gasteiger partial charge < -0.3 is 5.32 Å². The summed E-state index contributed by atoms with van der Waals surface area (Å²) in [6.45, 7) is 0. The molecule has 0 aliphatic carbocycles. The van der Waals surface area contributed by atoms with Crippen LogP contribution in [0.3, 0.4) is 0 Å². The van der Waals surface area contributed by atoms with Crippen LogP contribution in [0.2, 0.25) is 0 Å². The van der Waals surface area contributed by atoms with Gasteiger partial charge in [0.15, 0.2) is 0 Å². The van der Waals surface area contributed by atoms with E-state index >= 15 is 0 Å². The molecule has 1 saturated heterocycles. The van der Waals surface area contributed by atoms with Gasteiger partial charge in [-0.1, -0.05) is 78.5 Å². The Morgan fingerprint density at radius 1 is 0.944 bits per heavy atom. The van der Waals surface area contributed by atoms with E-state index < -0.39 is 11.2 Å². The van der Waals surface area contributed by atoms with Crippen LogP contribution in [-0.4, -0.2) is 17.1 Å². The molecule has 1 aliphatic heterocycles. The second-order valence-corrected chi connectivity index (χ2v) is 9.41. The number of anilines is 2. The zero-order chi connectivity index (χ0) is 25.1. The van der Waals surface area contributed by atoms with Crippen LogP contribution < -0.4 is 10.2 Å². The normalized spacial score (nSPS) is 16.6. The van der Waals surface area contributed by atoms with Crippen LogP contribution in [-0.2, 0) is 16.0 Å². The largest absolute Gasteiger partial charge is 0.321 e. The van der Waals surface area contributed by atoms with Gasteiger partial charge in [0.2, 0.25) is 5.91 Å². The number of nitrogens with zero attached hydrogens (tertiary/aromatic N) is 2. The summed E-state index contributed by atoms with van der Waals surface area (Å²) in [6, 6.07) is 30.1. The lowest BCUT2D eigenvalue weighted by Crippen LogP contribution is -2.30. The van der Waals surface area contributed by atoms with E-state index in [1.807, 2.05) is 48.5 Å². The summed E-state index contributed by atoms with van der Waals surface area (Å²) in [6.07, 6.45) is 0.334. The number of hydrogen-bond acceptors (Lipinski definition) is 4. The summed E-state index contributed by atoms with van der Waals surface area (Å²) in [4.78, 5) is 28.3. The number of carbonyl (C=O) groups is 2. The standard InChI is InChI=1S/C29H20FN3O2S/c30-21-15-13-19(14-16-21)17-26-28(35)33(22-9-2-1-3-10-22)29(36-26)24(18-31)27(34)32-25-12-6-8-20-7-4-5-11-23(20)25/h1-16,26H,17H2,(H,32,34)/b29-24-/t26-/m0/s1. The van der Waals surface area contributed by atoms with Gasteiger partial charge in [-0.15, -0.1) is 0 Å². The maximum absolute atomic E-state index is 13.5. The third-order valence-corrected chi connectivity index (χ3v) is 7.15. The molecule has 0 aromatic heterocycles. The number of nitrogens with one attached hydrogen (secondary N) is 1. The van der Waals surface area contributed by atoms with Crippen molar-refractivity contribution in [1.82, 2.24) is 0 Å². The quantitative estimate of drug-likeness (QED) is 0.272. The van der Waals surface area contributed by atoms with Crippen molar-refractivity contribution in [1.29, 1.82) is 5.26 Å². The Balaban J connectivity index is 1.52. The van der Waals surface area contributed by atoms with Crippen LogP contribution in [0.1, 0.15) is 5.56 Å². The molecule has 0 spiro atoms. The molecule has 5 nitrogen and oxygen atoms in total. The van der Waals surface area contributed by atoms with Crippen molar-refractivity contribution in [2.45, 2.75) is 11.7 Å². The van der Waals surface area contributed by atoms with E-state index in [0.717, 1.165) is 16.3 Å². The summed E-state index contributed by atoms with van der Waals surface area (Å²) < 4.78 is 13.4. The van der Waals surface area contributed by atoms with Crippen LogP contribution in [0, 0.1) is 17.1 Å². The molecule has 176 valence electrons. The fourth-order valence-corrected chi connectivity index (χ4v) is 5.46. The lowest BCUT2D eigenvalue weighted by molar-refractivity contribution is -0.117. The number of carbonyl (C=O) groups excluding carboxylic acids is 2. The van der Waals surface area contributed by atoms with E-state index in [1.165, 1.54) is 28.8 Å². The number of hydrogen-bond donors (Lipinski definition) is 1. The van der Waals surface area contributed by atoms with E-state index in [9.17, 15) is 19.2 Å². The molecular weight excluding hydrogens is 473 g/mol. The van der Waals surface area contributed by atoms with Gasteiger partial charge in [0.1, 0.15) is 22.5 Å².